The van der Waals surface area contributed by atoms with Crippen LogP contribution < -0.4 is 16.6 Å². The molecule has 0 unspecified atom stereocenters. The topological polar surface area (TPSA) is 117 Å². The minimum atomic E-state index is -0.522. The van der Waals surface area contributed by atoms with Crippen LogP contribution in [-0.2, 0) is 17.9 Å². The van der Waals surface area contributed by atoms with E-state index in [1.54, 1.807) is 43.3 Å². The summed E-state index contributed by atoms with van der Waals surface area (Å²) in [6.07, 6.45) is 4.40. The molecule has 0 radical (unpaired) electrons. The van der Waals surface area contributed by atoms with E-state index in [2.05, 4.69) is 20.4 Å². The molecule has 4 rings (SSSR count). The summed E-state index contributed by atoms with van der Waals surface area (Å²) in [6.45, 7) is 1.70. The normalized spacial score (nSPS) is 10.9. The Labute approximate surface area is 164 Å². The first-order chi connectivity index (χ1) is 14.1. The highest BCUT2D eigenvalue weighted by Gasteiger charge is 2.14. The second kappa shape index (κ2) is 7.50. The molecule has 4 aromatic rings. The Kier molecular flexibility index (Phi) is 4.73. The Hall–Kier alpha value is -4.08. The maximum Gasteiger partial charge on any atom is 0.331 e. The summed E-state index contributed by atoms with van der Waals surface area (Å²) < 4.78 is 3.90. The molecule has 1 N–H and O–H groups in total. The number of anilines is 1. The fourth-order valence-electron chi connectivity index (χ4n) is 3.07. The zero-order valence-corrected chi connectivity index (χ0v) is 15.5. The zero-order valence-electron chi connectivity index (χ0n) is 15.5. The summed E-state index contributed by atoms with van der Waals surface area (Å²) in [6, 6.07) is 10.1. The molecule has 10 nitrogen and oxygen atoms in total. The van der Waals surface area contributed by atoms with Gasteiger partial charge in [0.15, 0.2) is 5.82 Å². The molecular formula is C19H17N7O3. The van der Waals surface area contributed by atoms with Gasteiger partial charge in [-0.1, -0.05) is 12.1 Å². The molecule has 29 heavy (non-hydrogen) atoms. The predicted octanol–water partition coefficient (Wildman–Crippen LogP) is 0.797. The Bertz CT molecular complexity index is 1290. The Balaban J connectivity index is 1.61. The van der Waals surface area contributed by atoms with E-state index in [1.165, 1.54) is 28.1 Å². The third kappa shape index (κ3) is 3.43. The van der Waals surface area contributed by atoms with E-state index in [0.29, 0.717) is 22.4 Å². The SMILES string of the molecule is CCn1c(=O)c2ccccc2n(CC(=O)Nc2ccc(-n3cncn3)nc2)c1=O. The van der Waals surface area contributed by atoms with E-state index in [-0.39, 0.29) is 18.6 Å². The highest BCUT2D eigenvalue weighted by Crippen LogP contribution is 2.10. The third-order valence-corrected chi connectivity index (χ3v) is 4.44. The van der Waals surface area contributed by atoms with Gasteiger partial charge < -0.3 is 5.32 Å². The number of hydrogen-bond acceptors (Lipinski definition) is 6. The van der Waals surface area contributed by atoms with Crippen molar-refractivity contribution in [2.75, 3.05) is 5.32 Å². The molecular weight excluding hydrogens is 374 g/mol. The highest BCUT2D eigenvalue weighted by atomic mass is 16.2. The van der Waals surface area contributed by atoms with E-state index >= 15 is 0 Å². The second-order valence-corrected chi connectivity index (χ2v) is 6.23. The molecule has 1 aromatic carbocycles. The van der Waals surface area contributed by atoms with Gasteiger partial charge in [0.05, 0.1) is 22.8 Å². The first kappa shape index (κ1) is 18.3. The van der Waals surface area contributed by atoms with Crippen LogP contribution in [0.5, 0.6) is 0 Å². The van der Waals surface area contributed by atoms with Crippen molar-refractivity contribution >= 4 is 22.5 Å². The van der Waals surface area contributed by atoms with Crippen LogP contribution in [0, 0.1) is 0 Å². The molecule has 0 spiro atoms. The van der Waals surface area contributed by atoms with Crippen LogP contribution in [0.4, 0.5) is 5.69 Å². The lowest BCUT2D eigenvalue weighted by Gasteiger charge is -2.13. The van der Waals surface area contributed by atoms with E-state index in [1.807, 2.05) is 0 Å². The largest absolute Gasteiger partial charge is 0.331 e. The maximum atomic E-state index is 12.7. The Morgan fingerprint density at radius 3 is 2.62 bits per heavy atom. The van der Waals surface area contributed by atoms with Crippen molar-refractivity contribution in [3.63, 3.8) is 0 Å². The molecule has 1 amide bonds. The number of aromatic nitrogens is 6. The van der Waals surface area contributed by atoms with Gasteiger partial charge in [-0.05, 0) is 31.2 Å². The van der Waals surface area contributed by atoms with Gasteiger partial charge in [-0.25, -0.2) is 19.4 Å². The van der Waals surface area contributed by atoms with Crippen molar-refractivity contribution in [2.45, 2.75) is 20.0 Å². The van der Waals surface area contributed by atoms with Crippen LogP contribution in [0.15, 0.2) is 64.8 Å². The number of carbonyl (C=O) groups excluding carboxylic acids is 1. The fraction of sp³-hybridized carbons (Fsp3) is 0.158. The highest BCUT2D eigenvalue weighted by molar-refractivity contribution is 5.91. The molecule has 0 saturated heterocycles. The van der Waals surface area contributed by atoms with Gasteiger partial charge in [-0.15, -0.1) is 0 Å². The summed E-state index contributed by atoms with van der Waals surface area (Å²) in [5.74, 6) is 0.145. The lowest BCUT2D eigenvalue weighted by molar-refractivity contribution is -0.116. The molecule has 0 atom stereocenters. The molecule has 0 saturated carbocycles. The molecule has 0 bridgehead atoms. The number of nitrogens with one attached hydrogen (secondary N) is 1. The van der Waals surface area contributed by atoms with Crippen molar-refractivity contribution in [3.8, 4) is 5.82 Å². The number of hydrogen-bond donors (Lipinski definition) is 1. The molecule has 3 heterocycles. The molecule has 3 aromatic heterocycles. The average molecular weight is 391 g/mol. The van der Waals surface area contributed by atoms with Crippen molar-refractivity contribution < 1.29 is 4.79 Å². The average Bonchev–Trinajstić information content (AvgIpc) is 3.27. The van der Waals surface area contributed by atoms with E-state index < -0.39 is 11.6 Å². The van der Waals surface area contributed by atoms with Gasteiger partial charge >= 0.3 is 5.69 Å². The smallest absolute Gasteiger partial charge is 0.323 e. The van der Waals surface area contributed by atoms with Gasteiger partial charge in [-0.2, -0.15) is 5.10 Å². The summed E-state index contributed by atoms with van der Waals surface area (Å²) in [5, 5.41) is 7.09. The van der Waals surface area contributed by atoms with Crippen molar-refractivity contribution in [2.24, 2.45) is 0 Å². The number of benzene rings is 1. The Morgan fingerprint density at radius 1 is 1.10 bits per heavy atom. The van der Waals surface area contributed by atoms with Crippen molar-refractivity contribution in [3.05, 3.63) is 76.1 Å². The van der Waals surface area contributed by atoms with Crippen LogP contribution >= 0.6 is 0 Å². The van der Waals surface area contributed by atoms with Crippen molar-refractivity contribution in [1.82, 2.24) is 28.9 Å². The molecule has 0 aliphatic heterocycles. The van der Waals surface area contributed by atoms with E-state index in [4.69, 9.17) is 0 Å². The maximum absolute atomic E-state index is 12.7. The number of fused-ring (bicyclic) bond motifs is 1. The monoisotopic (exact) mass is 391 g/mol. The number of para-hydroxylation sites is 1. The zero-order chi connectivity index (χ0) is 20.4. The number of pyridine rings is 1. The first-order valence-corrected chi connectivity index (χ1v) is 8.91. The van der Waals surface area contributed by atoms with Crippen LogP contribution in [0.1, 0.15) is 6.92 Å². The minimum Gasteiger partial charge on any atom is -0.323 e. The minimum absolute atomic E-state index is 0.220. The molecule has 0 fully saturated rings. The molecule has 10 heteroatoms. The first-order valence-electron chi connectivity index (χ1n) is 8.91. The number of amides is 1. The lowest BCUT2D eigenvalue weighted by Crippen LogP contribution is -2.41. The predicted molar refractivity (Wildman–Crippen MR) is 106 cm³/mol. The van der Waals surface area contributed by atoms with Gasteiger partial charge in [0, 0.05) is 6.54 Å². The summed E-state index contributed by atoms with van der Waals surface area (Å²) in [7, 11) is 0. The van der Waals surface area contributed by atoms with E-state index in [9.17, 15) is 14.4 Å². The van der Waals surface area contributed by atoms with Crippen molar-refractivity contribution in [1.29, 1.82) is 0 Å². The van der Waals surface area contributed by atoms with Crippen LogP contribution in [0.3, 0.4) is 0 Å². The molecule has 146 valence electrons. The second-order valence-electron chi connectivity index (χ2n) is 6.23. The van der Waals surface area contributed by atoms with E-state index in [0.717, 1.165) is 4.57 Å². The standard InChI is InChI=1S/C19H17N7O3/c1-2-24-18(28)14-5-3-4-6-15(14)25(19(24)29)10-17(27)23-13-7-8-16(21-9-13)26-12-20-11-22-26/h3-9,11-12H,2,10H2,1H3,(H,23,27). The number of nitrogens with zero attached hydrogens (tertiary/aromatic N) is 6. The van der Waals surface area contributed by atoms with Crippen LogP contribution in [0.2, 0.25) is 0 Å². The quantitative estimate of drug-likeness (QED) is 0.538. The summed E-state index contributed by atoms with van der Waals surface area (Å²) >= 11 is 0. The summed E-state index contributed by atoms with van der Waals surface area (Å²) in [4.78, 5) is 45.8. The van der Waals surface area contributed by atoms with Crippen LogP contribution in [0.25, 0.3) is 16.7 Å². The Morgan fingerprint density at radius 2 is 1.93 bits per heavy atom. The number of carbonyl (C=O) groups is 1. The van der Waals surface area contributed by atoms with Gasteiger partial charge in [-0.3, -0.25) is 18.7 Å². The van der Waals surface area contributed by atoms with Crippen LogP contribution in [-0.4, -0.2) is 34.8 Å². The number of rotatable bonds is 5. The molecule has 0 aliphatic rings. The summed E-state index contributed by atoms with van der Waals surface area (Å²) in [5.41, 5.74) is 0.00528. The third-order valence-electron chi connectivity index (χ3n) is 4.44. The van der Waals surface area contributed by atoms with Gasteiger partial charge in [0.1, 0.15) is 19.2 Å². The van der Waals surface area contributed by atoms with Gasteiger partial charge in [0.25, 0.3) is 5.56 Å². The molecule has 0 aliphatic carbocycles. The van der Waals surface area contributed by atoms with Gasteiger partial charge in [0.2, 0.25) is 5.91 Å². The lowest BCUT2D eigenvalue weighted by atomic mass is 10.2. The fourth-order valence-corrected chi connectivity index (χ4v) is 3.07.